The molecule has 2 rings (SSSR count). The maximum Gasteiger partial charge on any atom is 0.123 e. The normalized spacial score (nSPS) is 12.4. The van der Waals surface area contributed by atoms with Crippen molar-refractivity contribution in [2.75, 3.05) is 0 Å². The van der Waals surface area contributed by atoms with Gasteiger partial charge in [0.2, 0.25) is 0 Å². The average Bonchev–Trinajstić information content (AvgIpc) is 2.41. The van der Waals surface area contributed by atoms with E-state index in [4.69, 9.17) is 0 Å². The molecule has 0 aliphatic carbocycles. The van der Waals surface area contributed by atoms with Gasteiger partial charge in [0.15, 0.2) is 0 Å². The SMILES string of the molecule is CCc1ccccc1C(O)Cc1ccc(F)cc1. The summed E-state index contributed by atoms with van der Waals surface area (Å²) in [7, 11) is 0. The van der Waals surface area contributed by atoms with Gasteiger partial charge in [-0.1, -0.05) is 43.3 Å². The monoisotopic (exact) mass is 244 g/mol. The van der Waals surface area contributed by atoms with Crippen molar-refractivity contribution in [2.24, 2.45) is 0 Å². The number of benzene rings is 2. The largest absolute Gasteiger partial charge is 0.388 e. The maximum atomic E-state index is 12.8. The first-order valence-electron chi connectivity index (χ1n) is 6.21. The number of halogens is 1. The lowest BCUT2D eigenvalue weighted by Gasteiger charge is -2.14. The Kier molecular flexibility index (Phi) is 4.11. The van der Waals surface area contributed by atoms with Gasteiger partial charge in [-0.3, -0.25) is 0 Å². The molecule has 0 heterocycles. The molecule has 0 aliphatic rings. The van der Waals surface area contributed by atoms with Gasteiger partial charge in [-0.25, -0.2) is 4.39 Å². The van der Waals surface area contributed by atoms with Gasteiger partial charge in [0.05, 0.1) is 6.10 Å². The minimum Gasteiger partial charge on any atom is -0.388 e. The van der Waals surface area contributed by atoms with E-state index in [2.05, 4.69) is 6.92 Å². The molecule has 0 spiro atoms. The molecule has 0 saturated heterocycles. The van der Waals surface area contributed by atoms with Gasteiger partial charge in [0.25, 0.3) is 0 Å². The van der Waals surface area contributed by atoms with Gasteiger partial charge in [0.1, 0.15) is 5.82 Å². The second-order valence-corrected chi connectivity index (χ2v) is 4.40. The lowest BCUT2D eigenvalue weighted by Crippen LogP contribution is -2.05. The van der Waals surface area contributed by atoms with Crippen molar-refractivity contribution in [3.05, 3.63) is 71.0 Å². The fourth-order valence-corrected chi connectivity index (χ4v) is 2.13. The predicted octanol–water partition coefficient (Wildman–Crippen LogP) is 3.66. The summed E-state index contributed by atoms with van der Waals surface area (Å²) in [6.45, 7) is 2.07. The van der Waals surface area contributed by atoms with Crippen LogP contribution < -0.4 is 0 Å². The highest BCUT2D eigenvalue weighted by Gasteiger charge is 2.11. The molecule has 0 radical (unpaired) electrons. The number of hydrogen-bond acceptors (Lipinski definition) is 1. The smallest absolute Gasteiger partial charge is 0.123 e. The van der Waals surface area contributed by atoms with Gasteiger partial charge in [-0.15, -0.1) is 0 Å². The van der Waals surface area contributed by atoms with Crippen LogP contribution in [-0.2, 0) is 12.8 Å². The van der Waals surface area contributed by atoms with E-state index in [1.54, 1.807) is 12.1 Å². The molecule has 0 aliphatic heterocycles. The number of aliphatic hydroxyl groups is 1. The van der Waals surface area contributed by atoms with E-state index < -0.39 is 6.10 Å². The maximum absolute atomic E-state index is 12.8. The Morgan fingerprint density at radius 2 is 1.72 bits per heavy atom. The van der Waals surface area contributed by atoms with Crippen LogP contribution in [0.3, 0.4) is 0 Å². The number of hydrogen-bond donors (Lipinski definition) is 1. The van der Waals surface area contributed by atoms with Crippen LogP contribution in [0.15, 0.2) is 48.5 Å². The van der Waals surface area contributed by atoms with Crippen molar-refractivity contribution in [3.8, 4) is 0 Å². The van der Waals surface area contributed by atoms with Crippen LogP contribution in [0.5, 0.6) is 0 Å². The quantitative estimate of drug-likeness (QED) is 0.870. The van der Waals surface area contributed by atoms with Gasteiger partial charge in [0, 0.05) is 6.42 Å². The van der Waals surface area contributed by atoms with Crippen LogP contribution in [0.25, 0.3) is 0 Å². The van der Waals surface area contributed by atoms with Gasteiger partial charge >= 0.3 is 0 Å². The van der Waals surface area contributed by atoms with E-state index in [0.29, 0.717) is 6.42 Å². The molecule has 18 heavy (non-hydrogen) atoms. The predicted molar refractivity (Wildman–Crippen MR) is 70.9 cm³/mol. The minimum atomic E-state index is -0.536. The first-order valence-corrected chi connectivity index (χ1v) is 6.21. The molecule has 0 amide bonds. The van der Waals surface area contributed by atoms with E-state index in [1.165, 1.54) is 12.1 Å². The van der Waals surface area contributed by atoms with Crippen LogP contribution in [0.2, 0.25) is 0 Å². The second kappa shape index (κ2) is 5.78. The number of rotatable bonds is 4. The fraction of sp³-hybridized carbons (Fsp3) is 0.250. The van der Waals surface area contributed by atoms with Crippen molar-refractivity contribution < 1.29 is 9.50 Å². The standard InChI is InChI=1S/C16H17FO/c1-2-13-5-3-4-6-15(13)16(18)11-12-7-9-14(17)10-8-12/h3-10,16,18H,2,11H2,1H3. The minimum absolute atomic E-state index is 0.248. The highest BCUT2D eigenvalue weighted by Crippen LogP contribution is 2.22. The summed E-state index contributed by atoms with van der Waals surface area (Å²) in [4.78, 5) is 0. The van der Waals surface area contributed by atoms with Crippen molar-refractivity contribution in [1.29, 1.82) is 0 Å². The van der Waals surface area contributed by atoms with Crippen molar-refractivity contribution >= 4 is 0 Å². The summed E-state index contributed by atoms with van der Waals surface area (Å²) in [5.74, 6) is -0.248. The highest BCUT2D eigenvalue weighted by molar-refractivity contribution is 5.30. The van der Waals surface area contributed by atoms with Gasteiger partial charge in [-0.2, -0.15) is 0 Å². The molecule has 1 N–H and O–H groups in total. The Morgan fingerprint density at radius 3 is 2.39 bits per heavy atom. The molecule has 1 atom stereocenters. The first-order chi connectivity index (χ1) is 8.70. The summed E-state index contributed by atoms with van der Waals surface area (Å²) < 4.78 is 12.8. The molecule has 0 bridgehead atoms. The topological polar surface area (TPSA) is 20.2 Å². The van der Waals surface area contributed by atoms with E-state index in [-0.39, 0.29) is 5.82 Å². The van der Waals surface area contributed by atoms with Crippen LogP contribution in [0.4, 0.5) is 4.39 Å². The Hall–Kier alpha value is -1.67. The Bertz CT molecular complexity index is 505. The highest BCUT2D eigenvalue weighted by atomic mass is 19.1. The van der Waals surface area contributed by atoms with Crippen LogP contribution in [0.1, 0.15) is 29.7 Å². The molecule has 2 heteroatoms. The number of aliphatic hydroxyl groups excluding tert-OH is 1. The fourth-order valence-electron chi connectivity index (χ4n) is 2.13. The molecule has 1 nitrogen and oxygen atoms in total. The van der Waals surface area contributed by atoms with E-state index in [9.17, 15) is 9.50 Å². The zero-order valence-corrected chi connectivity index (χ0v) is 10.4. The molecular weight excluding hydrogens is 227 g/mol. The van der Waals surface area contributed by atoms with Crippen molar-refractivity contribution in [3.63, 3.8) is 0 Å². The molecule has 1 unspecified atom stereocenters. The lowest BCUT2D eigenvalue weighted by atomic mass is 9.96. The van der Waals surface area contributed by atoms with E-state index in [0.717, 1.165) is 23.1 Å². The molecule has 2 aromatic rings. The average molecular weight is 244 g/mol. The lowest BCUT2D eigenvalue weighted by molar-refractivity contribution is 0.177. The van der Waals surface area contributed by atoms with Crippen LogP contribution in [-0.4, -0.2) is 5.11 Å². The van der Waals surface area contributed by atoms with Crippen LogP contribution in [0, 0.1) is 5.82 Å². The molecule has 0 fully saturated rings. The Balaban J connectivity index is 2.16. The van der Waals surface area contributed by atoms with Crippen molar-refractivity contribution in [2.45, 2.75) is 25.9 Å². The molecule has 94 valence electrons. The molecule has 0 aromatic heterocycles. The van der Waals surface area contributed by atoms with Gasteiger partial charge < -0.3 is 5.11 Å². The summed E-state index contributed by atoms with van der Waals surface area (Å²) in [5.41, 5.74) is 3.06. The summed E-state index contributed by atoms with van der Waals surface area (Å²) in [6, 6.07) is 14.2. The Labute approximate surface area is 107 Å². The van der Waals surface area contributed by atoms with E-state index in [1.807, 2.05) is 24.3 Å². The molecule has 2 aromatic carbocycles. The summed E-state index contributed by atoms with van der Waals surface area (Å²) >= 11 is 0. The third kappa shape index (κ3) is 2.96. The molecular formula is C16H17FO. The zero-order valence-electron chi connectivity index (χ0n) is 10.4. The first kappa shape index (κ1) is 12.8. The van der Waals surface area contributed by atoms with Gasteiger partial charge in [-0.05, 0) is 35.2 Å². The third-order valence-electron chi connectivity index (χ3n) is 3.14. The zero-order chi connectivity index (χ0) is 13.0. The van der Waals surface area contributed by atoms with Crippen molar-refractivity contribution in [1.82, 2.24) is 0 Å². The van der Waals surface area contributed by atoms with Crippen LogP contribution >= 0.6 is 0 Å². The molecule has 0 saturated carbocycles. The third-order valence-corrected chi connectivity index (χ3v) is 3.14. The Morgan fingerprint density at radius 1 is 1.06 bits per heavy atom. The summed E-state index contributed by atoms with van der Waals surface area (Å²) in [6.07, 6.45) is 0.875. The van der Waals surface area contributed by atoms with E-state index >= 15 is 0 Å². The summed E-state index contributed by atoms with van der Waals surface area (Å²) in [5, 5.41) is 10.3. The number of aryl methyl sites for hydroxylation is 1. The second-order valence-electron chi connectivity index (χ2n) is 4.40.